The van der Waals surface area contributed by atoms with E-state index in [4.69, 9.17) is 9.47 Å². The molecule has 0 aliphatic carbocycles. The first-order valence-electron chi connectivity index (χ1n) is 7.89. The van der Waals surface area contributed by atoms with Crippen LogP contribution in [0.4, 0.5) is 11.4 Å². The van der Waals surface area contributed by atoms with Gasteiger partial charge in [-0.3, -0.25) is 4.79 Å². The molecule has 0 aliphatic heterocycles. The second kappa shape index (κ2) is 7.53. The molecule has 0 atom stereocenters. The normalized spacial score (nSPS) is 10.2. The Labute approximate surface area is 147 Å². The summed E-state index contributed by atoms with van der Waals surface area (Å²) in [6, 6.07) is 22.2. The van der Waals surface area contributed by atoms with Crippen LogP contribution in [0.15, 0.2) is 72.8 Å². The second-order valence-electron chi connectivity index (χ2n) is 5.49. The number of benzene rings is 3. The summed E-state index contributed by atoms with van der Waals surface area (Å²) in [4.78, 5) is 12.5. The number of ketones is 1. The van der Waals surface area contributed by atoms with Crippen molar-refractivity contribution in [2.24, 2.45) is 0 Å². The summed E-state index contributed by atoms with van der Waals surface area (Å²) in [5.74, 6) is 1.53. The van der Waals surface area contributed by atoms with Gasteiger partial charge in [0.1, 0.15) is 11.5 Å². The molecule has 0 aliphatic rings. The molecule has 3 aromatic rings. The molecule has 0 heterocycles. The number of hydrogen-bond acceptors (Lipinski definition) is 4. The van der Waals surface area contributed by atoms with Crippen molar-refractivity contribution in [1.82, 2.24) is 0 Å². The Bertz CT molecular complexity index is 838. The Morgan fingerprint density at radius 2 is 1.00 bits per heavy atom. The molecule has 0 fully saturated rings. The Balaban J connectivity index is 1.71. The van der Waals surface area contributed by atoms with Crippen molar-refractivity contribution < 1.29 is 14.3 Å². The summed E-state index contributed by atoms with van der Waals surface area (Å²) >= 11 is 0. The minimum atomic E-state index is -0.0151. The van der Waals surface area contributed by atoms with Crippen molar-refractivity contribution >= 4 is 17.2 Å². The molecule has 0 saturated heterocycles. The van der Waals surface area contributed by atoms with Gasteiger partial charge in [-0.05, 0) is 72.8 Å². The molecule has 0 aromatic heterocycles. The number of rotatable bonds is 6. The van der Waals surface area contributed by atoms with E-state index in [-0.39, 0.29) is 5.78 Å². The third kappa shape index (κ3) is 3.98. The molecule has 4 nitrogen and oxygen atoms in total. The smallest absolute Gasteiger partial charge is 0.193 e. The summed E-state index contributed by atoms with van der Waals surface area (Å²) in [6.07, 6.45) is 0. The molecule has 3 rings (SSSR count). The van der Waals surface area contributed by atoms with Gasteiger partial charge in [-0.25, -0.2) is 0 Å². The van der Waals surface area contributed by atoms with Crippen molar-refractivity contribution in [3.8, 4) is 11.5 Å². The average Bonchev–Trinajstić information content (AvgIpc) is 2.69. The number of hydrogen-bond donors (Lipinski definition) is 1. The highest BCUT2D eigenvalue weighted by molar-refractivity contribution is 6.09. The standard InChI is InChI=1S/C21H19NO3/c1-24-19-11-5-16(6-12-19)21(23)15-3-7-17(8-4-15)22-18-9-13-20(25-2)14-10-18/h3-14,22H,1-2H3. The van der Waals surface area contributed by atoms with Crippen molar-refractivity contribution in [3.63, 3.8) is 0 Å². The third-order valence-electron chi connectivity index (χ3n) is 3.88. The van der Waals surface area contributed by atoms with Gasteiger partial charge in [0.2, 0.25) is 0 Å². The Morgan fingerprint density at radius 1 is 0.640 bits per heavy atom. The van der Waals surface area contributed by atoms with Crippen LogP contribution in [0.25, 0.3) is 0 Å². The van der Waals surface area contributed by atoms with Crippen LogP contribution >= 0.6 is 0 Å². The fourth-order valence-electron chi connectivity index (χ4n) is 2.46. The highest BCUT2D eigenvalue weighted by Gasteiger charge is 2.09. The number of nitrogens with one attached hydrogen (secondary N) is 1. The lowest BCUT2D eigenvalue weighted by Gasteiger charge is -2.08. The van der Waals surface area contributed by atoms with Crippen LogP contribution < -0.4 is 14.8 Å². The van der Waals surface area contributed by atoms with Crippen LogP contribution in [-0.4, -0.2) is 20.0 Å². The quantitative estimate of drug-likeness (QED) is 0.666. The molecule has 0 radical (unpaired) electrons. The lowest BCUT2D eigenvalue weighted by molar-refractivity contribution is 0.103. The van der Waals surface area contributed by atoms with Crippen molar-refractivity contribution in [2.45, 2.75) is 0 Å². The SMILES string of the molecule is COc1ccc(Nc2ccc(C(=O)c3ccc(OC)cc3)cc2)cc1. The first kappa shape index (κ1) is 16.6. The molecule has 25 heavy (non-hydrogen) atoms. The van der Waals surface area contributed by atoms with Gasteiger partial charge < -0.3 is 14.8 Å². The van der Waals surface area contributed by atoms with E-state index in [0.29, 0.717) is 11.1 Å². The summed E-state index contributed by atoms with van der Waals surface area (Å²) in [7, 11) is 3.24. The van der Waals surface area contributed by atoms with E-state index in [0.717, 1.165) is 22.9 Å². The largest absolute Gasteiger partial charge is 0.497 e. The van der Waals surface area contributed by atoms with Gasteiger partial charge in [0.15, 0.2) is 5.78 Å². The monoisotopic (exact) mass is 333 g/mol. The van der Waals surface area contributed by atoms with Crippen LogP contribution in [0, 0.1) is 0 Å². The van der Waals surface area contributed by atoms with Crippen molar-refractivity contribution in [2.75, 3.05) is 19.5 Å². The minimum Gasteiger partial charge on any atom is -0.497 e. The van der Waals surface area contributed by atoms with Crippen LogP contribution in [0.5, 0.6) is 11.5 Å². The average molecular weight is 333 g/mol. The van der Waals surface area contributed by atoms with E-state index in [2.05, 4.69) is 5.32 Å². The zero-order valence-electron chi connectivity index (χ0n) is 14.2. The topological polar surface area (TPSA) is 47.6 Å². The van der Waals surface area contributed by atoms with E-state index in [1.165, 1.54) is 0 Å². The van der Waals surface area contributed by atoms with Crippen molar-refractivity contribution in [1.29, 1.82) is 0 Å². The fraction of sp³-hybridized carbons (Fsp3) is 0.0952. The summed E-state index contributed by atoms with van der Waals surface area (Å²) in [6.45, 7) is 0. The Morgan fingerprint density at radius 3 is 1.44 bits per heavy atom. The predicted molar refractivity (Wildman–Crippen MR) is 99.1 cm³/mol. The van der Waals surface area contributed by atoms with Crippen molar-refractivity contribution in [3.05, 3.63) is 83.9 Å². The first-order chi connectivity index (χ1) is 12.2. The molecule has 1 N–H and O–H groups in total. The van der Waals surface area contributed by atoms with E-state index in [1.807, 2.05) is 48.5 Å². The zero-order valence-corrected chi connectivity index (χ0v) is 14.2. The first-order valence-corrected chi connectivity index (χ1v) is 7.89. The molecule has 0 spiro atoms. The van der Waals surface area contributed by atoms with Gasteiger partial charge in [0, 0.05) is 22.5 Å². The molecule has 0 saturated carbocycles. The van der Waals surface area contributed by atoms with Gasteiger partial charge >= 0.3 is 0 Å². The number of ether oxygens (including phenoxy) is 2. The Kier molecular flexibility index (Phi) is 5.00. The molecule has 0 bridgehead atoms. The number of methoxy groups -OCH3 is 2. The summed E-state index contributed by atoms with van der Waals surface area (Å²) in [5.41, 5.74) is 3.15. The van der Waals surface area contributed by atoms with Gasteiger partial charge in [0.05, 0.1) is 14.2 Å². The van der Waals surface area contributed by atoms with Gasteiger partial charge in [0.25, 0.3) is 0 Å². The highest BCUT2D eigenvalue weighted by atomic mass is 16.5. The lowest BCUT2D eigenvalue weighted by Crippen LogP contribution is -2.01. The van der Waals surface area contributed by atoms with E-state index in [9.17, 15) is 4.79 Å². The molecule has 126 valence electrons. The highest BCUT2D eigenvalue weighted by Crippen LogP contribution is 2.21. The summed E-state index contributed by atoms with van der Waals surface area (Å²) in [5, 5.41) is 3.29. The lowest BCUT2D eigenvalue weighted by atomic mass is 10.0. The van der Waals surface area contributed by atoms with Crippen LogP contribution in [0.2, 0.25) is 0 Å². The van der Waals surface area contributed by atoms with E-state index in [1.54, 1.807) is 38.5 Å². The number of carbonyl (C=O) groups excluding carboxylic acids is 1. The maximum absolute atomic E-state index is 12.5. The molecule has 0 amide bonds. The molecule has 3 aromatic carbocycles. The summed E-state index contributed by atoms with van der Waals surface area (Å²) < 4.78 is 10.3. The minimum absolute atomic E-state index is 0.0151. The Hall–Kier alpha value is -3.27. The van der Waals surface area contributed by atoms with Gasteiger partial charge in [-0.1, -0.05) is 0 Å². The molecular formula is C21H19NO3. The molecular weight excluding hydrogens is 314 g/mol. The van der Waals surface area contributed by atoms with Gasteiger partial charge in [-0.15, -0.1) is 0 Å². The van der Waals surface area contributed by atoms with Gasteiger partial charge in [-0.2, -0.15) is 0 Å². The van der Waals surface area contributed by atoms with E-state index >= 15 is 0 Å². The maximum Gasteiger partial charge on any atom is 0.193 e. The second-order valence-corrected chi connectivity index (χ2v) is 5.49. The predicted octanol–water partition coefficient (Wildman–Crippen LogP) is 4.68. The third-order valence-corrected chi connectivity index (χ3v) is 3.88. The van der Waals surface area contributed by atoms with E-state index < -0.39 is 0 Å². The zero-order chi connectivity index (χ0) is 17.6. The number of anilines is 2. The fourth-order valence-corrected chi connectivity index (χ4v) is 2.46. The molecule has 0 unspecified atom stereocenters. The van der Waals surface area contributed by atoms with Crippen LogP contribution in [0.1, 0.15) is 15.9 Å². The maximum atomic E-state index is 12.5. The van der Waals surface area contributed by atoms with Crippen LogP contribution in [-0.2, 0) is 0 Å². The number of carbonyl (C=O) groups is 1. The van der Waals surface area contributed by atoms with Crippen LogP contribution in [0.3, 0.4) is 0 Å². The molecule has 4 heteroatoms.